The van der Waals surface area contributed by atoms with Crippen LogP contribution in [0.5, 0.6) is 0 Å². The van der Waals surface area contributed by atoms with Crippen LogP contribution in [-0.4, -0.2) is 0 Å². The third-order valence-electron chi connectivity index (χ3n) is 1.96. The lowest BCUT2D eigenvalue weighted by Gasteiger charge is -1.93. The molecule has 0 saturated carbocycles. The molecule has 0 heteroatoms. The van der Waals surface area contributed by atoms with Crippen molar-refractivity contribution in [2.45, 2.75) is 38.5 Å². The molecule has 0 saturated heterocycles. The van der Waals surface area contributed by atoms with Crippen molar-refractivity contribution in [1.82, 2.24) is 0 Å². The summed E-state index contributed by atoms with van der Waals surface area (Å²) < 4.78 is 0. The van der Waals surface area contributed by atoms with Gasteiger partial charge in [0.15, 0.2) is 0 Å². The quantitative estimate of drug-likeness (QED) is 0.474. The largest absolute Gasteiger partial charge is 0.0882 e. The van der Waals surface area contributed by atoms with E-state index in [4.69, 9.17) is 0 Å². The van der Waals surface area contributed by atoms with Crippen molar-refractivity contribution in [3.05, 3.63) is 36.5 Å². The second kappa shape index (κ2) is 6.90. The highest BCUT2D eigenvalue weighted by atomic mass is 13.9. The number of rotatable bonds is 0. The molecule has 1 rings (SSSR count). The van der Waals surface area contributed by atoms with Gasteiger partial charge in [0, 0.05) is 0 Å². The molecule has 0 aromatic rings. The Morgan fingerprint density at radius 3 is 2.42 bits per heavy atom. The Morgan fingerprint density at radius 1 is 0.833 bits per heavy atom. The highest BCUT2D eigenvalue weighted by molar-refractivity contribution is 4.94. The van der Waals surface area contributed by atoms with Gasteiger partial charge >= 0.3 is 0 Å². The molecule has 0 nitrogen and oxygen atoms in total. The molecule has 0 aromatic carbocycles. The smallest absolute Gasteiger partial charge is 0.00978 e. The van der Waals surface area contributed by atoms with Gasteiger partial charge in [-0.1, -0.05) is 30.4 Å². The number of allylic oxidation sites excluding steroid dienone is 6. The highest BCUT2D eigenvalue weighted by Crippen LogP contribution is 2.04. The van der Waals surface area contributed by atoms with Crippen molar-refractivity contribution in [1.29, 1.82) is 0 Å². The summed E-state index contributed by atoms with van der Waals surface area (Å²) in [7, 11) is 0. The van der Waals surface area contributed by atoms with E-state index in [1.807, 2.05) is 0 Å². The summed E-state index contributed by atoms with van der Waals surface area (Å²) in [5, 5.41) is 0. The summed E-state index contributed by atoms with van der Waals surface area (Å²) in [6, 6.07) is 0. The minimum absolute atomic E-state index is 0.980. The summed E-state index contributed by atoms with van der Waals surface area (Å²) in [5.41, 5.74) is 0. The molecular weight excluding hydrogens is 144 g/mol. The van der Waals surface area contributed by atoms with Crippen LogP contribution in [0.25, 0.3) is 0 Å². The maximum absolute atomic E-state index is 3.24. The molecule has 0 atom stereocenters. The van der Waals surface area contributed by atoms with Gasteiger partial charge in [0.2, 0.25) is 0 Å². The Balaban J connectivity index is 2.31. The van der Waals surface area contributed by atoms with E-state index in [-0.39, 0.29) is 0 Å². The lowest BCUT2D eigenvalue weighted by molar-refractivity contribution is 0.760. The molecule has 1 aliphatic rings. The third-order valence-corrected chi connectivity index (χ3v) is 1.96. The molecule has 0 heterocycles. The maximum Gasteiger partial charge on any atom is -0.00978 e. The van der Waals surface area contributed by atoms with Crippen molar-refractivity contribution in [3.8, 4) is 0 Å². The summed E-state index contributed by atoms with van der Waals surface area (Å²) in [5.74, 6) is 0. The fraction of sp³-hybridized carbons (Fsp3) is 0.500. The second-order valence-electron chi connectivity index (χ2n) is 3.08. The molecule has 0 unspecified atom stereocenters. The van der Waals surface area contributed by atoms with Gasteiger partial charge in [-0.15, -0.1) is 0 Å². The van der Waals surface area contributed by atoms with Crippen molar-refractivity contribution >= 4 is 0 Å². The first-order chi connectivity index (χ1) is 6.00. The zero-order chi connectivity index (χ0) is 8.49. The van der Waals surface area contributed by atoms with Crippen LogP contribution in [-0.2, 0) is 0 Å². The average molecular weight is 161 g/mol. The zero-order valence-electron chi connectivity index (χ0n) is 7.63. The average Bonchev–Trinajstić information content (AvgIpc) is 2.05. The summed E-state index contributed by atoms with van der Waals surface area (Å²) in [6.45, 7) is 0. The van der Waals surface area contributed by atoms with Gasteiger partial charge in [-0.2, -0.15) is 0 Å². The monoisotopic (exact) mass is 161 g/mol. The molecule has 1 aliphatic carbocycles. The Bertz CT molecular complexity index is 152. The predicted molar refractivity (Wildman–Crippen MR) is 53.8 cm³/mol. The molecule has 0 fully saturated rings. The van der Waals surface area contributed by atoms with E-state index in [0.717, 1.165) is 12.8 Å². The molecule has 0 aliphatic heterocycles. The van der Waals surface area contributed by atoms with Crippen LogP contribution in [0, 0.1) is 6.08 Å². The maximum atomic E-state index is 3.24. The fourth-order valence-corrected chi connectivity index (χ4v) is 1.24. The van der Waals surface area contributed by atoms with Crippen LogP contribution in [0.15, 0.2) is 30.4 Å². The first kappa shape index (κ1) is 9.31. The molecular formula is C12H17. The van der Waals surface area contributed by atoms with Gasteiger partial charge in [0.05, 0.1) is 0 Å². The van der Waals surface area contributed by atoms with E-state index in [2.05, 4.69) is 36.5 Å². The normalized spacial score (nSPS) is 28.0. The van der Waals surface area contributed by atoms with E-state index in [1.165, 1.54) is 25.7 Å². The van der Waals surface area contributed by atoms with Crippen LogP contribution in [0.3, 0.4) is 0 Å². The van der Waals surface area contributed by atoms with E-state index in [0.29, 0.717) is 0 Å². The molecule has 0 bridgehead atoms. The fourth-order valence-electron chi connectivity index (χ4n) is 1.24. The van der Waals surface area contributed by atoms with Crippen LogP contribution < -0.4 is 0 Å². The first-order valence-electron chi connectivity index (χ1n) is 4.85. The standard InChI is InChI=1S/C12H17/c1-2-4-6-8-10-12-11-9-7-5-3-1/h1-2,5,11-12H,3-4,6,8-10H2/b2-1-,7-5?,12-11+. The Kier molecular flexibility index (Phi) is 5.35. The summed E-state index contributed by atoms with van der Waals surface area (Å²) >= 11 is 0. The SMILES string of the molecule is [C]1=C/C/C=C\CCCC/C=C/C/1. The predicted octanol–water partition coefficient (Wildman–Crippen LogP) is 3.81. The molecule has 0 N–H and O–H groups in total. The number of hydrogen-bond acceptors (Lipinski definition) is 0. The van der Waals surface area contributed by atoms with Crippen LogP contribution in [0.2, 0.25) is 0 Å². The van der Waals surface area contributed by atoms with Crippen LogP contribution in [0.1, 0.15) is 38.5 Å². The Labute approximate surface area is 75.7 Å². The topological polar surface area (TPSA) is 0 Å². The van der Waals surface area contributed by atoms with E-state index >= 15 is 0 Å². The van der Waals surface area contributed by atoms with Crippen molar-refractivity contribution in [3.63, 3.8) is 0 Å². The van der Waals surface area contributed by atoms with Gasteiger partial charge in [-0.3, -0.25) is 0 Å². The summed E-state index contributed by atoms with van der Waals surface area (Å²) in [4.78, 5) is 0. The Morgan fingerprint density at radius 2 is 1.58 bits per heavy atom. The molecule has 65 valence electrons. The van der Waals surface area contributed by atoms with E-state index in [9.17, 15) is 0 Å². The lowest BCUT2D eigenvalue weighted by atomic mass is 10.1. The van der Waals surface area contributed by atoms with Gasteiger partial charge in [0.1, 0.15) is 0 Å². The Hall–Kier alpha value is -0.780. The molecule has 12 heavy (non-hydrogen) atoms. The molecule has 1 radical (unpaired) electrons. The summed E-state index contributed by atoms with van der Waals surface area (Å²) in [6.07, 6.45) is 21.5. The zero-order valence-corrected chi connectivity index (χ0v) is 7.63. The van der Waals surface area contributed by atoms with Gasteiger partial charge < -0.3 is 0 Å². The minimum atomic E-state index is 0.980. The van der Waals surface area contributed by atoms with Crippen LogP contribution in [0.4, 0.5) is 0 Å². The van der Waals surface area contributed by atoms with Crippen molar-refractivity contribution < 1.29 is 0 Å². The van der Waals surface area contributed by atoms with Crippen molar-refractivity contribution in [2.75, 3.05) is 0 Å². The highest BCUT2D eigenvalue weighted by Gasteiger charge is 1.84. The van der Waals surface area contributed by atoms with Crippen molar-refractivity contribution in [2.24, 2.45) is 0 Å². The lowest BCUT2D eigenvalue weighted by Crippen LogP contribution is -1.74. The third kappa shape index (κ3) is 4.95. The second-order valence-corrected chi connectivity index (χ2v) is 3.08. The minimum Gasteiger partial charge on any atom is -0.0882 e. The van der Waals surface area contributed by atoms with E-state index in [1.54, 1.807) is 0 Å². The van der Waals surface area contributed by atoms with Gasteiger partial charge in [0.25, 0.3) is 0 Å². The molecule has 0 amide bonds. The first-order valence-corrected chi connectivity index (χ1v) is 4.85. The molecule has 0 spiro atoms. The number of hydrogen-bond donors (Lipinski definition) is 0. The van der Waals surface area contributed by atoms with Gasteiger partial charge in [-0.05, 0) is 44.6 Å². The van der Waals surface area contributed by atoms with Gasteiger partial charge in [-0.25, -0.2) is 0 Å². The molecule has 0 aromatic heterocycles. The van der Waals surface area contributed by atoms with E-state index < -0.39 is 0 Å². The van der Waals surface area contributed by atoms with Crippen LogP contribution >= 0.6 is 0 Å².